The molecule has 0 bridgehead atoms. The molecule has 11 heteroatoms. The van der Waals surface area contributed by atoms with Gasteiger partial charge in [-0.3, -0.25) is 19.1 Å². The smallest absolute Gasteiger partial charge is 0.330 e. The van der Waals surface area contributed by atoms with E-state index in [9.17, 15) is 14.4 Å². The van der Waals surface area contributed by atoms with Gasteiger partial charge in [-0.15, -0.1) is 0 Å². The number of unbranched alkanes of at least 4 members (excludes halogenated alkanes) is 1. The molecule has 1 aromatic heterocycles. The molecule has 192 valence electrons. The van der Waals surface area contributed by atoms with E-state index < -0.39 is 11.2 Å². The molecule has 0 unspecified atom stereocenters. The van der Waals surface area contributed by atoms with E-state index in [1.807, 2.05) is 31.2 Å². The van der Waals surface area contributed by atoms with Crippen LogP contribution in [0.25, 0.3) is 0 Å². The van der Waals surface area contributed by atoms with Crippen molar-refractivity contribution in [1.29, 1.82) is 0 Å². The molecular formula is C24H36N6O5. The van der Waals surface area contributed by atoms with Crippen LogP contribution in [-0.4, -0.2) is 68.6 Å². The summed E-state index contributed by atoms with van der Waals surface area (Å²) < 4.78 is 11.9. The number of hydrogen-bond donors (Lipinski definition) is 3. The van der Waals surface area contributed by atoms with Crippen LogP contribution in [0.15, 0.2) is 33.9 Å². The highest BCUT2D eigenvalue weighted by Gasteiger charge is 2.20. The Labute approximate surface area is 204 Å². The van der Waals surface area contributed by atoms with Crippen LogP contribution in [-0.2, 0) is 20.8 Å². The van der Waals surface area contributed by atoms with Crippen LogP contribution in [0.3, 0.4) is 0 Å². The fraction of sp³-hybridized carbons (Fsp3) is 0.542. The first kappa shape index (κ1) is 26.3. The van der Waals surface area contributed by atoms with E-state index >= 15 is 0 Å². The lowest BCUT2D eigenvalue weighted by atomic mass is 10.2. The van der Waals surface area contributed by atoms with E-state index in [0.717, 1.165) is 31.6 Å². The molecule has 1 fully saturated rings. The van der Waals surface area contributed by atoms with Crippen molar-refractivity contribution in [3.8, 4) is 0 Å². The summed E-state index contributed by atoms with van der Waals surface area (Å²) in [5, 5.41) is 2.90. The van der Waals surface area contributed by atoms with Crippen molar-refractivity contribution in [3.05, 3.63) is 45.1 Å². The fourth-order valence-electron chi connectivity index (χ4n) is 4.00. The zero-order chi connectivity index (χ0) is 25.2. The largest absolute Gasteiger partial charge is 0.383 e. The second-order valence-electron chi connectivity index (χ2n) is 8.42. The van der Waals surface area contributed by atoms with Crippen molar-refractivity contribution in [2.75, 3.05) is 74.0 Å². The molecular weight excluding hydrogens is 452 g/mol. The number of aromatic amines is 1. The van der Waals surface area contributed by atoms with Gasteiger partial charge in [-0.1, -0.05) is 13.3 Å². The highest BCUT2D eigenvalue weighted by atomic mass is 16.5. The first-order valence-electron chi connectivity index (χ1n) is 12.0. The van der Waals surface area contributed by atoms with Gasteiger partial charge >= 0.3 is 5.69 Å². The number of morpholine rings is 1. The topological polar surface area (TPSA) is 135 Å². The van der Waals surface area contributed by atoms with Crippen LogP contribution in [0, 0.1) is 0 Å². The Bertz CT molecular complexity index is 1080. The van der Waals surface area contributed by atoms with Crippen LogP contribution in [0.5, 0.6) is 0 Å². The summed E-state index contributed by atoms with van der Waals surface area (Å²) in [6.07, 6.45) is 1.75. The van der Waals surface area contributed by atoms with Gasteiger partial charge in [0.05, 0.1) is 19.8 Å². The van der Waals surface area contributed by atoms with E-state index in [0.29, 0.717) is 38.6 Å². The maximum absolute atomic E-state index is 12.7. The summed E-state index contributed by atoms with van der Waals surface area (Å²) in [6, 6.07) is 7.70. The number of nitrogen functional groups attached to an aromatic ring is 1. The molecule has 3 rings (SSSR count). The van der Waals surface area contributed by atoms with Crippen molar-refractivity contribution in [3.63, 3.8) is 0 Å². The zero-order valence-electron chi connectivity index (χ0n) is 20.5. The number of methoxy groups -OCH3 is 1. The molecule has 0 atom stereocenters. The van der Waals surface area contributed by atoms with Crippen molar-refractivity contribution in [2.24, 2.45) is 0 Å². The fourth-order valence-corrected chi connectivity index (χ4v) is 4.00. The van der Waals surface area contributed by atoms with E-state index in [2.05, 4.69) is 15.2 Å². The minimum atomic E-state index is -0.574. The van der Waals surface area contributed by atoms with Crippen molar-refractivity contribution >= 4 is 28.8 Å². The Kier molecular flexibility index (Phi) is 9.74. The number of rotatable bonds is 12. The number of H-pyrrole nitrogens is 1. The molecule has 0 aliphatic carbocycles. The minimum Gasteiger partial charge on any atom is -0.383 e. The Morgan fingerprint density at radius 1 is 1.20 bits per heavy atom. The second kappa shape index (κ2) is 13.0. The zero-order valence-corrected chi connectivity index (χ0v) is 20.5. The maximum Gasteiger partial charge on any atom is 0.330 e. The summed E-state index contributed by atoms with van der Waals surface area (Å²) in [6.45, 7) is 6.43. The number of carbonyl (C=O) groups excluding carboxylic acids is 1. The average Bonchev–Trinajstić information content (AvgIpc) is 2.86. The van der Waals surface area contributed by atoms with Crippen LogP contribution < -0.4 is 32.1 Å². The van der Waals surface area contributed by atoms with Gasteiger partial charge in [-0.05, 0) is 30.7 Å². The highest BCUT2D eigenvalue weighted by Crippen LogP contribution is 2.20. The number of carbonyl (C=O) groups is 1. The summed E-state index contributed by atoms with van der Waals surface area (Å²) in [4.78, 5) is 43.9. The summed E-state index contributed by atoms with van der Waals surface area (Å²) in [5.41, 5.74) is 7.11. The van der Waals surface area contributed by atoms with Crippen LogP contribution >= 0.6 is 0 Å². The number of anilines is 4. The van der Waals surface area contributed by atoms with Gasteiger partial charge in [0.2, 0.25) is 5.91 Å². The number of aromatic nitrogens is 2. The standard InChI is InChI=1S/C24H36N6O5/c1-3-4-10-30-22(25)21(23(32)27-24(30)33)29(12-15-34-2)11-9-20(31)26-18-5-7-19(8-6-18)28-13-16-35-17-14-28/h5-8H,3-4,9-17,25H2,1-2H3,(H,26,31)(H,27,32,33). The van der Waals surface area contributed by atoms with Crippen molar-refractivity contribution in [2.45, 2.75) is 32.7 Å². The van der Waals surface area contributed by atoms with Gasteiger partial charge in [0.1, 0.15) is 11.5 Å². The lowest BCUT2D eigenvalue weighted by Crippen LogP contribution is -2.40. The predicted octanol–water partition coefficient (Wildman–Crippen LogP) is 1.24. The van der Waals surface area contributed by atoms with Crippen LogP contribution in [0.1, 0.15) is 26.2 Å². The molecule has 0 saturated carbocycles. The van der Waals surface area contributed by atoms with E-state index in [4.69, 9.17) is 15.2 Å². The molecule has 0 spiro atoms. The van der Waals surface area contributed by atoms with Crippen LogP contribution in [0.2, 0.25) is 0 Å². The minimum absolute atomic E-state index is 0.0995. The molecule has 2 heterocycles. The highest BCUT2D eigenvalue weighted by molar-refractivity contribution is 5.91. The van der Waals surface area contributed by atoms with Crippen molar-refractivity contribution in [1.82, 2.24) is 9.55 Å². The van der Waals surface area contributed by atoms with Gasteiger partial charge in [-0.2, -0.15) is 0 Å². The molecule has 1 saturated heterocycles. The molecule has 2 aromatic rings. The third kappa shape index (κ3) is 7.09. The number of benzene rings is 1. The number of hydrogen-bond acceptors (Lipinski definition) is 8. The van der Waals surface area contributed by atoms with E-state index in [-0.39, 0.29) is 30.4 Å². The van der Waals surface area contributed by atoms with Crippen molar-refractivity contribution < 1.29 is 14.3 Å². The Morgan fingerprint density at radius 2 is 1.91 bits per heavy atom. The van der Waals surface area contributed by atoms with Crippen LogP contribution in [0.4, 0.5) is 22.9 Å². The van der Waals surface area contributed by atoms with E-state index in [1.54, 1.807) is 12.0 Å². The summed E-state index contributed by atoms with van der Waals surface area (Å²) in [7, 11) is 1.56. The SMILES string of the molecule is CCCCn1c(N)c(N(CCOC)CCC(=O)Nc2ccc(N3CCOCC3)cc2)c(=O)[nH]c1=O. The normalized spacial score (nSPS) is 13.6. The average molecular weight is 489 g/mol. The molecule has 35 heavy (non-hydrogen) atoms. The first-order valence-corrected chi connectivity index (χ1v) is 12.0. The van der Waals surface area contributed by atoms with E-state index in [1.165, 1.54) is 4.57 Å². The molecule has 1 aromatic carbocycles. The number of ether oxygens (including phenoxy) is 2. The third-order valence-corrected chi connectivity index (χ3v) is 5.97. The summed E-state index contributed by atoms with van der Waals surface area (Å²) in [5.74, 6) is -0.0942. The molecule has 1 aliphatic rings. The van der Waals surface area contributed by atoms with Gasteiger partial charge in [-0.25, -0.2) is 4.79 Å². The molecule has 11 nitrogen and oxygen atoms in total. The number of nitrogens with one attached hydrogen (secondary N) is 2. The molecule has 0 radical (unpaired) electrons. The first-order chi connectivity index (χ1) is 16.9. The van der Waals surface area contributed by atoms with Gasteiger partial charge in [0.15, 0.2) is 0 Å². The van der Waals surface area contributed by atoms with Gasteiger partial charge < -0.3 is 30.3 Å². The Morgan fingerprint density at radius 3 is 2.57 bits per heavy atom. The predicted molar refractivity (Wildman–Crippen MR) is 137 cm³/mol. The maximum atomic E-state index is 12.7. The third-order valence-electron chi connectivity index (χ3n) is 5.97. The monoisotopic (exact) mass is 488 g/mol. The molecule has 4 N–H and O–H groups in total. The second-order valence-corrected chi connectivity index (χ2v) is 8.42. The Balaban J connectivity index is 1.67. The number of nitrogens with two attached hydrogens (primary N) is 1. The lowest BCUT2D eigenvalue weighted by molar-refractivity contribution is -0.116. The Hall–Kier alpha value is -3.31. The van der Waals surface area contributed by atoms with Gasteiger partial charge in [0, 0.05) is 57.6 Å². The molecule has 1 amide bonds. The quantitative estimate of drug-likeness (QED) is 0.406. The summed E-state index contributed by atoms with van der Waals surface area (Å²) >= 11 is 0. The number of amides is 1. The molecule has 1 aliphatic heterocycles. The van der Waals surface area contributed by atoms with Gasteiger partial charge in [0.25, 0.3) is 5.56 Å². The number of nitrogens with zero attached hydrogens (tertiary/aromatic N) is 3. The lowest BCUT2D eigenvalue weighted by Gasteiger charge is -2.29.